The van der Waals surface area contributed by atoms with E-state index in [1.165, 1.54) is 6.42 Å². The summed E-state index contributed by atoms with van der Waals surface area (Å²) in [6.07, 6.45) is 7.42. The van der Waals surface area contributed by atoms with Gasteiger partial charge >= 0.3 is 0 Å². The largest absolute Gasteiger partial charge is 0.311 e. The van der Waals surface area contributed by atoms with Crippen molar-refractivity contribution < 1.29 is 0 Å². The Labute approximate surface area is 94.4 Å². The fourth-order valence-electron chi connectivity index (χ4n) is 2.21. The van der Waals surface area contributed by atoms with E-state index in [0.29, 0.717) is 18.0 Å². The second-order valence-electron chi connectivity index (χ2n) is 4.77. The summed E-state index contributed by atoms with van der Waals surface area (Å²) in [5.74, 6) is 3.45. The van der Waals surface area contributed by atoms with E-state index in [-0.39, 0.29) is 0 Å². The first-order chi connectivity index (χ1) is 7.19. The standard InChI is InChI=1S/C13H24N2/c1-5-7-8-15-10-13(11(3)4)14-9-12(15)6-2/h1,11-14H,6-10H2,2-4H3. The molecule has 1 N–H and O–H groups in total. The van der Waals surface area contributed by atoms with Crippen LogP contribution in [0.3, 0.4) is 0 Å². The Kier molecular flexibility index (Phi) is 5.14. The number of terminal acetylenes is 1. The van der Waals surface area contributed by atoms with E-state index in [1.807, 2.05) is 0 Å². The zero-order valence-corrected chi connectivity index (χ0v) is 10.3. The van der Waals surface area contributed by atoms with Gasteiger partial charge in [-0.2, -0.15) is 0 Å². The van der Waals surface area contributed by atoms with Gasteiger partial charge in [0.05, 0.1) is 0 Å². The van der Waals surface area contributed by atoms with Gasteiger partial charge in [0.15, 0.2) is 0 Å². The molecule has 0 amide bonds. The van der Waals surface area contributed by atoms with Crippen molar-refractivity contribution in [2.24, 2.45) is 5.92 Å². The zero-order valence-electron chi connectivity index (χ0n) is 10.3. The summed E-state index contributed by atoms with van der Waals surface area (Å²) < 4.78 is 0. The highest BCUT2D eigenvalue weighted by atomic mass is 15.2. The first kappa shape index (κ1) is 12.5. The van der Waals surface area contributed by atoms with Crippen LogP contribution in [0.4, 0.5) is 0 Å². The average Bonchev–Trinajstić information content (AvgIpc) is 2.25. The molecule has 2 heteroatoms. The minimum absolute atomic E-state index is 0.630. The van der Waals surface area contributed by atoms with Gasteiger partial charge < -0.3 is 5.32 Å². The van der Waals surface area contributed by atoms with Crippen LogP contribution < -0.4 is 5.32 Å². The maximum Gasteiger partial charge on any atom is 0.0219 e. The zero-order chi connectivity index (χ0) is 11.3. The van der Waals surface area contributed by atoms with Gasteiger partial charge in [0.2, 0.25) is 0 Å². The Balaban J connectivity index is 2.49. The van der Waals surface area contributed by atoms with Crippen LogP contribution in [-0.4, -0.2) is 36.6 Å². The molecule has 1 heterocycles. The molecule has 1 aliphatic rings. The molecule has 1 rings (SSSR count). The molecule has 2 atom stereocenters. The molecule has 0 aromatic rings. The number of nitrogens with one attached hydrogen (secondary N) is 1. The first-order valence-corrected chi connectivity index (χ1v) is 6.09. The van der Waals surface area contributed by atoms with Crippen molar-refractivity contribution in [1.29, 1.82) is 0 Å². The third-order valence-corrected chi connectivity index (χ3v) is 3.38. The highest BCUT2D eigenvalue weighted by molar-refractivity contribution is 4.90. The van der Waals surface area contributed by atoms with E-state index < -0.39 is 0 Å². The Hall–Kier alpha value is -0.520. The molecule has 1 saturated heterocycles. The normalized spacial score (nSPS) is 27.9. The van der Waals surface area contributed by atoms with Gasteiger partial charge in [-0.25, -0.2) is 0 Å². The fraction of sp³-hybridized carbons (Fsp3) is 0.846. The second kappa shape index (κ2) is 6.15. The molecule has 1 aliphatic heterocycles. The summed E-state index contributed by atoms with van der Waals surface area (Å²) in [4.78, 5) is 2.56. The smallest absolute Gasteiger partial charge is 0.0219 e. The van der Waals surface area contributed by atoms with Gasteiger partial charge in [0, 0.05) is 38.1 Å². The summed E-state index contributed by atoms with van der Waals surface area (Å²) in [7, 11) is 0. The molecule has 0 aromatic heterocycles. The molecule has 86 valence electrons. The van der Waals surface area contributed by atoms with E-state index >= 15 is 0 Å². The van der Waals surface area contributed by atoms with Gasteiger partial charge in [0.25, 0.3) is 0 Å². The van der Waals surface area contributed by atoms with Crippen LogP contribution in [0.1, 0.15) is 33.6 Å². The van der Waals surface area contributed by atoms with Gasteiger partial charge in [-0.1, -0.05) is 20.8 Å². The monoisotopic (exact) mass is 208 g/mol. The van der Waals surface area contributed by atoms with Crippen LogP contribution in [0, 0.1) is 18.3 Å². The average molecular weight is 208 g/mol. The van der Waals surface area contributed by atoms with E-state index in [2.05, 4.69) is 36.9 Å². The van der Waals surface area contributed by atoms with E-state index in [1.54, 1.807) is 0 Å². The van der Waals surface area contributed by atoms with Gasteiger partial charge in [-0.15, -0.1) is 12.3 Å². The van der Waals surface area contributed by atoms with Crippen molar-refractivity contribution in [2.45, 2.75) is 45.7 Å². The van der Waals surface area contributed by atoms with Crippen molar-refractivity contribution in [2.75, 3.05) is 19.6 Å². The summed E-state index contributed by atoms with van der Waals surface area (Å²) in [6.45, 7) is 10.1. The molecular weight excluding hydrogens is 184 g/mol. The van der Waals surface area contributed by atoms with Crippen molar-refractivity contribution in [3.8, 4) is 12.3 Å². The second-order valence-corrected chi connectivity index (χ2v) is 4.77. The number of piperazine rings is 1. The Bertz CT molecular complexity index is 217. The molecule has 0 spiro atoms. The highest BCUT2D eigenvalue weighted by Gasteiger charge is 2.27. The predicted octanol–water partition coefficient (Wildman–Crippen LogP) is 1.72. The lowest BCUT2D eigenvalue weighted by molar-refractivity contribution is 0.113. The molecule has 0 bridgehead atoms. The Morgan fingerprint density at radius 3 is 2.80 bits per heavy atom. The van der Waals surface area contributed by atoms with Crippen molar-refractivity contribution in [3.63, 3.8) is 0 Å². The van der Waals surface area contributed by atoms with Crippen molar-refractivity contribution in [3.05, 3.63) is 0 Å². The molecule has 0 aromatic carbocycles. The van der Waals surface area contributed by atoms with Crippen molar-refractivity contribution in [1.82, 2.24) is 10.2 Å². The SMILES string of the molecule is C#CCCN1CC(C(C)C)NCC1CC. The first-order valence-electron chi connectivity index (χ1n) is 6.09. The summed E-state index contributed by atoms with van der Waals surface area (Å²) in [5, 5.41) is 3.63. The minimum atomic E-state index is 0.630. The van der Waals surface area contributed by atoms with Crippen LogP contribution in [0.5, 0.6) is 0 Å². The molecule has 1 fully saturated rings. The van der Waals surface area contributed by atoms with Crippen LogP contribution >= 0.6 is 0 Å². The Morgan fingerprint density at radius 1 is 1.53 bits per heavy atom. The molecule has 2 nitrogen and oxygen atoms in total. The van der Waals surface area contributed by atoms with E-state index in [9.17, 15) is 0 Å². The number of hydrogen-bond donors (Lipinski definition) is 1. The van der Waals surface area contributed by atoms with Crippen LogP contribution in [0.2, 0.25) is 0 Å². The summed E-state index contributed by atoms with van der Waals surface area (Å²) in [5.41, 5.74) is 0. The third kappa shape index (κ3) is 3.52. The lowest BCUT2D eigenvalue weighted by Gasteiger charge is -2.41. The summed E-state index contributed by atoms with van der Waals surface area (Å²) >= 11 is 0. The maximum absolute atomic E-state index is 5.33. The van der Waals surface area contributed by atoms with Crippen molar-refractivity contribution >= 4 is 0 Å². The van der Waals surface area contributed by atoms with E-state index in [4.69, 9.17) is 6.42 Å². The summed E-state index contributed by atoms with van der Waals surface area (Å²) in [6, 6.07) is 1.30. The predicted molar refractivity (Wildman–Crippen MR) is 65.7 cm³/mol. The molecular formula is C13H24N2. The lowest BCUT2D eigenvalue weighted by atomic mass is 9.98. The highest BCUT2D eigenvalue weighted by Crippen LogP contribution is 2.14. The number of nitrogens with zero attached hydrogens (tertiary/aromatic N) is 1. The number of hydrogen-bond acceptors (Lipinski definition) is 2. The minimum Gasteiger partial charge on any atom is -0.311 e. The van der Waals surface area contributed by atoms with Crippen LogP contribution in [0.15, 0.2) is 0 Å². The van der Waals surface area contributed by atoms with Gasteiger partial charge in [0.1, 0.15) is 0 Å². The topological polar surface area (TPSA) is 15.3 Å². The quantitative estimate of drug-likeness (QED) is 0.708. The fourth-order valence-corrected chi connectivity index (χ4v) is 2.21. The van der Waals surface area contributed by atoms with Gasteiger partial charge in [-0.3, -0.25) is 4.90 Å². The number of rotatable bonds is 4. The Morgan fingerprint density at radius 2 is 2.27 bits per heavy atom. The maximum atomic E-state index is 5.33. The molecule has 0 saturated carbocycles. The van der Waals surface area contributed by atoms with Crippen LogP contribution in [0.25, 0.3) is 0 Å². The van der Waals surface area contributed by atoms with Crippen LogP contribution in [-0.2, 0) is 0 Å². The lowest BCUT2D eigenvalue weighted by Crippen LogP contribution is -2.57. The van der Waals surface area contributed by atoms with Gasteiger partial charge in [-0.05, 0) is 12.3 Å². The molecule has 2 unspecified atom stereocenters. The third-order valence-electron chi connectivity index (χ3n) is 3.38. The molecule has 0 aliphatic carbocycles. The van der Waals surface area contributed by atoms with E-state index in [0.717, 1.165) is 26.1 Å². The molecule has 15 heavy (non-hydrogen) atoms. The molecule has 0 radical (unpaired) electrons.